The number of aliphatic hydroxyl groups is 1. The standard InChI is InChI=1S/C22H27Cl2N3O3/c1-15(28)25-21-4-2-3-5-22(21)30-14-18(29)13-27-10-8-16(9-11-27)26-17-6-7-19(23)20(24)12-17/h2-7,12,16,18,26,29H,8-11,13-14H2,1H3,(H,25,28). The number of benzene rings is 2. The number of hydrogen-bond acceptors (Lipinski definition) is 5. The molecule has 1 unspecified atom stereocenters. The summed E-state index contributed by atoms with van der Waals surface area (Å²) in [5, 5.41) is 17.7. The van der Waals surface area contributed by atoms with Gasteiger partial charge < -0.3 is 25.4 Å². The number of likely N-dealkylation sites (tertiary alicyclic amines) is 1. The Balaban J connectivity index is 1.41. The first kappa shape index (κ1) is 22.7. The van der Waals surface area contributed by atoms with E-state index in [2.05, 4.69) is 15.5 Å². The first-order valence-electron chi connectivity index (χ1n) is 10.0. The lowest BCUT2D eigenvalue weighted by molar-refractivity contribution is -0.114. The molecule has 2 aromatic rings. The van der Waals surface area contributed by atoms with Gasteiger partial charge in [0.2, 0.25) is 5.91 Å². The van der Waals surface area contributed by atoms with Crippen LogP contribution in [0, 0.1) is 0 Å². The molecule has 2 aromatic carbocycles. The Morgan fingerprint density at radius 2 is 1.93 bits per heavy atom. The second-order valence-corrected chi connectivity index (χ2v) is 8.30. The van der Waals surface area contributed by atoms with Crippen LogP contribution >= 0.6 is 23.2 Å². The van der Waals surface area contributed by atoms with Gasteiger partial charge in [0.15, 0.2) is 0 Å². The third-order valence-electron chi connectivity index (χ3n) is 4.98. The molecule has 1 fully saturated rings. The van der Waals surface area contributed by atoms with Crippen LogP contribution in [0.25, 0.3) is 0 Å². The monoisotopic (exact) mass is 451 g/mol. The maximum Gasteiger partial charge on any atom is 0.221 e. The van der Waals surface area contributed by atoms with Gasteiger partial charge in [-0.05, 0) is 43.2 Å². The summed E-state index contributed by atoms with van der Waals surface area (Å²) in [6.45, 7) is 3.93. The van der Waals surface area contributed by atoms with Gasteiger partial charge in [0.25, 0.3) is 0 Å². The van der Waals surface area contributed by atoms with E-state index in [0.29, 0.717) is 34.1 Å². The predicted molar refractivity (Wildman–Crippen MR) is 122 cm³/mol. The molecule has 1 aliphatic rings. The van der Waals surface area contributed by atoms with Gasteiger partial charge in [0, 0.05) is 38.3 Å². The molecule has 0 radical (unpaired) electrons. The van der Waals surface area contributed by atoms with E-state index < -0.39 is 6.10 Å². The van der Waals surface area contributed by atoms with Crippen molar-refractivity contribution in [3.63, 3.8) is 0 Å². The highest BCUT2D eigenvalue weighted by molar-refractivity contribution is 6.42. The number of piperidine rings is 1. The lowest BCUT2D eigenvalue weighted by atomic mass is 10.0. The highest BCUT2D eigenvalue weighted by Crippen LogP contribution is 2.27. The Morgan fingerprint density at radius 3 is 2.63 bits per heavy atom. The van der Waals surface area contributed by atoms with E-state index in [9.17, 15) is 9.90 Å². The van der Waals surface area contributed by atoms with Crippen molar-refractivity contribution in [2.45, 2.75) is 31.9 Å². The van der Waals surface area contributed by atoms with Crippen LogP contribution in [0.2, 0.25) is 10.0 Å². The zero-order chi connectivity index (χ0) is 21.5. The topological polar surface area (TPSA) is 73.8 Å². The molecule has 3 N–H and O–H groups in total. The van der Waals surface area contributed by atoms with Crippen molar-refractivity contribution in [1.29, 1.82) is 0 Å². The largest absolute Gasteiger partial charge is 0.489 e. The number of carbonyl (C=O) groups excluding carboxylic acids is 1. The lowest BCUT2D eigenvalue weighted by Crippen LogP contribution is -2.43. The molecule has 0 bridgehead atoms. The van der Waals surface area contributed by atoms with Gasteiger partial charge in [-0.2, -0.15) is 0 Å². The summed E-state index contributed by atoms with van der Waals surface area (Å²) in [5.41, 5.74) is 1.57. The third kappa shape index (κ3) is 6.77. The summed E-state index contributed by atoms with van der Waals surface area (Å²) in [4.78, 5) is 13.5. The minimum atomic E-state index is -0.616. The van der Waals surface area contributed by atoms with Crippen molar-refractivity contribution < 1.29 is 14.6 Å². The zero-order valence-electron chi connectivity index (χ0n) is 16.9. The SMILES string of the molecule is CC(=O)Nc1ccccc1OCC(O)CN1CCC(Nc2ccc(Cl)c(Cl)c2)CC1. The van der Waals surface area contributed by atoms with Crippen LogP contribution in [0.1, 0.15) is 19.8 Å². The van der Waals surface area contributed by atoms with Gasteiger partial charge in [0.1, 0.15) is 18.5 Å². The molecule has 0 spiro atoms. The Morgan fingerprint density at radius 1 is 1.20 bits per heavy atom. The van der Waals surface area contributed by atoms with Gasteiger partial charge >= 0.3 is 0 Å². The fourth-order valence-corrected chi connectivity index (χ4v) is 3.80. The Hall–Kier alpha value is -1.99. The van der Waals surface area contributed by atoms with E-state index in [0.717, 1.165) is 31.6 Å². The second kappa shape index (κ2) is 10.9. The predicted octanol–water partition coefficient (Wildman–Crippen LogP) is 4.27. The number of para-hydroxylation sites is 2. The zero-order valence-corrected chi connectivity index (χ0v) is 18.4. The molecule has 3 rings (SSSR count). The van der Waals surface area contributed by atoms with Crippen molar-refractivity contribution in [3.05, 3.63) is 52.5 Å². The number of anilines is 2. The Kier molecular flexibility index (Phi) is 8.22. The maximum absolute atomic E-state index is 11.3. The number of rotatable bonds is 8. The number of halogens is 2. The Bertz CT molecular complexity index is 857. The van der Waals surface area contributed by atoms with Gasteiger partial charge in [-0.1, -0.05) is 35.3 Å². The number of hydrogen-bond donors (Lipinski definition) is 3. The summed E-state index contributed by atoms with van der Waals surface area (Å²) in [6.07, 6.45) is 1.33. The van der Waals surface area contributed by atoms with E-state index in [4.69, 9.17) is 27.9 Å². The highest BCUT2D eigenvalue weighted by atomic mass is 35.5. The average molecular weight is 452 g/mol. The van der Waals surface area contributed by atoms with Crippen LogP contribution in [0.3, 0.4) is 0 Å². The van der Waals surface area contributed by atoms with Crippen LogP contribution in [0.4, 0.5) is 11.4 Å². The fourth-order valence-electron chi connectivity index (χ4n) is 3.50. The first-order chi connectivity index (χ1) is 14.4. The van der Waals surface area contributed by atoms with Crippen molar-refractivity contribution in [2.75, 3.05) is 36.9 Å². The number of aliphatic hydroxyl groups excluding tert-OH is 1. The van der Waals surface area contributed by atoms with Crippen LogP contribution < -0.4 is 15.4 Å². The molecule has 0 aliphatic carbocycles. The van der Waals surface area contributed by atoms with Crippen molar-refractivity contribution in [3.8, 4) is 5.75 Å². The highest BCUT2D eigenvalue weighted by Gasteiger charge is 2.21. The summed E-state index contributed by atoms with van der Waals surface area (Å²) in [7, 11) is 0. The quantitative estimate of drug-likeness (QED) is 0.558. The maximum atomic E-state index is 11.3. The van der Waals surface area contributed by atoms with Crippen LogP contribution in [-0.4, -0.2) is 54.3 Å². The van der Waals surface area contributed by atoms with E-state index in [1.54, 1.807) is 18.2 Å². The van der Waals surface area contributed by atoms with Crippen molar-refractivity contribution in [1.82, 2.24) is 4.90 Å². The number of nitrogens with zero attached hydrogens (tertiary/aromatic N) is 1. The van der Waals surface area contributed by atoms with Gasteiger partial charge in [-0.25, -0.2) is 0 Å². The summed E-state index contributed by atoms with van der Waals surface area (Å²) >= 11 is 12.0. The van der Waals surface area contributed by atoms with Crippen LogP contribution in [-0.2, 0) is 4.79 Å². The van der Waals surface area contributed by atoms with Crippen molar-refractivity contribution in [2.24, 2.45) is 0 Å². The molecule has 0 saturated carbocycles. The number of carbonyl (C=O) groups is 1. The molecule has 6 nitrogen and oxygen atoms in total. The average Bonchev–Trinajstić information content (AvgIpc) is 2.71. The van der Waals surface area contributed by atoms with Gasteiger partial charge in [0.05, 0.1) is 15.7 Å². The summed E-state index contributed by atoms with van der Waals surface area (Å²) in [5.74, 6) is 0.389. The molecule has 162 valence electrons. The first-order valence-corrected chi connectivity index (χ1v) is 10.8. The third-order valence-corrected chi connectivity index (χ3v) is 5.71. The van der Waals surface area contributed by atoms with Gasteiger partial charge in [-0.15, -0.1) is 0 Å². The molecule has 1 heterocycles. The molecule has 0 aromatic heterocycles. The molecule has 1 saturated heterocycles. The number of nitrogens with one attached hydrogen (secondary N) is 2. The minimum absolute atomic E-state index is 0.163. The molecular weight excluding hydrogens is 425 g/mol. The van der Waals surface area contributed by atoms with Gasteiger partial charge in [-0.3, -0.25) is 4.79 Å². The van der Waals surface area contributed by atoms with E-state index in [1.807, 2.05) is 24.3 Å². The minimum Gasteiger partial charge on any atom is -0.489 e. The smallest absolute Gasteiger partial charge is 0.221 e. The van der Waals surface area contributed by atoms with E-state index >= 15 is 0 Å². The number of β-amino-alcohol motifs (C(OH)–C–C–N with tert-alkyl or cyclic N) is 1. The van der Waals surface area contributed by atoms with Crippen LogP contribution in [0.15, 0.2) is 42.5 Å². The summed E-state index contributed by atoms with van der Waals surface area (Å²) < 4.78 is 5.74. The molecule has 30 heavy (non-hydrogen) atoms. The number of ether oxygens (including phenoxy) is 1. The number of amides is 1. The molecular formula is C22H27Cl2N3O3. The normalized spacial score (nSPS) is 16.1. The second-order valence-electron chi connectivity index (χ2n) is 7.49. The fraction of sp³-hybridized carbons (Fsp3) is 0.409. The molecule has 1 atom stereocenters. The Labute approximate surface area is 187 Å². The van der Waals surface area contributed by atoms with Crippen molar-refractivity contribution >= 4 is 40.5 Å². The van der Waals surface area contributed by atoms with E-state index in [1.165, 1.54) is 6.92 Å². The van der Waals surface area contributed by atoms with E-state index in [-0.39, 0.29) is 12.5 Å². The lowest BCUT2D eigenvalue weighted by Gasteiger charge is -2.34. The summed E-state index contributed by atoms with van der Waals surface area (Å²) in [6, 6.07) is 13.1. The molecule has 8 heteroatoms. The molecule has 1 aliphatic heterocycles. The van der Waals surface area contributed by atoms with Crippen LogP contribution in [0.5, 0.6) is 5.75 Å². The molecule has 1 amide bonds.